The van der Waals surface area contributed by atoms with Crippen molar-refractivity contribution in [2.24, 2.45) is 0 Å². The van der Waals surface area contributed by atoms with E-state index < -0.39 is 10.0 Å². The van der Waals surface area contributed by atoms with E-state index >= 15 is 0 Å². The number of fused-ring (bicyclic) bond motifs is 1. The minimum absolute atomic E-state index is 0.0762. The van der Waals surface area contributed by atoms with Gasteiger partial charge < -0.3 is 5.32 Å². The molecule has 0 unspecified atom stereocenters. The molecule has 2 aromatic carbocycles. The Labute approximate surface area is 138 Å². The molecule has 4 nitrogen and oxygen atoms in total. The van der Waals surface area contributed by atoms with Crippen LogP contribution in [0.4, 0.5) is 11.4 Å². The van der Waals surface area contributed by atoms with Gasteiger partial charge >= 0.3 is 0 Å². The van der Waals surface area contributed by atoms with Crippen molar-refractivity contribution in [3.8, 4) is 0 Å². The van der Waals surface area contributed by atoms with Gasteiger partial charge in [0.1, 0.15) is 0 Å². The van der Waals surface area contributed by atoms with Gasteiger partial charge in [-0.05, 0) is 61.6 Å². The third kappa shape index (κ3) is 3.67. The van der Waals surface area contributed by atoms with E-state index in [4.69, 9.17) is 0 Å². The van der Waals surface area contributed by atoms with Crippen LogP contribution in [-0.2, 0) is 22.9 Å². The number of rotatable bonds is 5. The summed E-state index contributed by atoms with van der Waals surface area (Å²) >= 11 is 0. The van der Waals surface area contributed by atoms with Crippen molar-refractivity contribution < 1.29 is 8.42 Å². The fourth-order valence-electron chi connectivity index (χ4n) is 3.00. The lowest BCUT2D eigenvalue weighted by molar-refractivity contribution is 0.602. The highest BCUT2D eigenvalue weighted by Gasteiger charge is 2.20. The molecule has 0 fully saturated rings. The molecule has 0 spiro atoms. The molecule has 23 heavy (non-hydrogen) atoms. The summed E-state index contributed by atoms with van der Waals surface area (Å²) in [6.07, 6.45) is 2.05. The maximum atomic E-state index is 11.7. The van der Waals surface area contributed by atoms with Crippen LogP contribution in [0.3, 0.4) is 0 Å². The van der Waals surface area contributed by atoms with Crippen LogP contribution in [0.15, 0.2) is 42.5 Å². The highest BCUT2D eigenvalue weighted by molar-refractivity contribution is 7.92. The minimum atomic E-state index is -3.24. The Morgan fingerprint density at radius 3 is 2.30 bits per heavy atom. The van der Waals surface area contributed by atoms with Gasteiger partial charge in [-0.15, -0.1) is 0 Å². The number of sulfonamides is 1. The standard InChI is InChI=1S/C18H22N2O2S/c1-3-23(21,22)20-18-9-8-16(10-13(18)2)19-17-11-14-6-4-5-7-15(14)12-17/h4-10,17,19-20H,3,11-12H2,1-2H3. The van der Waals surface area contributed by atoms with Crippen LogP contribution in [0.1, 0.15) is 23.6 Å². The molecule has 2 aromatic rings. The lowest BCUT2D eigenvalue weighted by atomic mass is 10.1. The molecule has 3 rings (SSSR count). The summed E-state index contributed by atoms with van der Waals surface area (Å²) in [5.74, 6) is 0.0762. The highest BCUT2D eigenvalue weighted by atomic mass is 32.2. The van der Waals surface area contributed by atoms with Crippen molar-refractivity contribution in [1.29, 1.82) is 0 Å². The van der Waals surface area contributed by atoms with Crippen molar-refractivity contribution in [1.82, 2.24) is 0 Å². The van der Waals surface area contributed by atoms with Crippen molar-refractivity contribution in [3.63, 3.8) is 0 Å². The first-order valence-electron chi connectivity index (χ1n) is 7.91. The summed E-state index contributed by atoms with van der Waals surface area (Å²) in [5, 5.41) is 3.56. The van der Waals surface area contributed by atoms with Crippen LogP contribution < -0.4 is 10.0 Å². The Morgan fingerprint density at radius 1 is 1.09 bits per heavy atom. The Kier molecular flexibility index (Phi) is 4.31. The summed E-state index contributed by atoms with van der Waals surface area (Å²) in [6, 6.07) is 14.7. The van der Waals surface area contributed by atoms with E-state index in [1.807, 2.05) is 25.1 Å². The first-order chi connectivity index (χ1) is 11.0. The van der Waals surface area contributed by atoms with Gasteiger partial charge in [0, 0.05) is 11.7 Å². The lowest BCUT2D eigenvalue weighted by Crippen LogP contribution is -2.20. The van der Waals surface area contributed by atoms with Crippen molar-refractivity contribution in [2.75, 3.05) is 15.8 Å². The Balaban J connectivity index is 1.70. The SMILES string of the molecule is CCS(=O)(=O)Nc1ccc(NC2Cc3ccccc3C2)cc1C. The smallest absolute Gasteiger partial charge is 0.232 e. The quantitative estimate of drug-likeness (QED) is 0.884. The number of aryl methyl sites for hydroxylation is 1. The lowest BCUT2D eigenvalue weighted by Gasteiger charge is -2.16. The molecule has 122 valence electrons. The molecular weight excluding hydrogens is 308 g/mol. The summed E-state index contributed by atoms with van der Waals surface area (Å²) in [5.41, 5.74) is 5.41. The van der Waals surface area contributed by atoms with Gasteiger partial charge in [-0.1, -0.05) is 24.3 Å². The Morgan fingerprint density at radius 2 is 1.74 bits per heavy atom. The first kappa shape index (κ1) is 15.9. The average molecular weight is 330 g/mol. The number of benzene rings is 2. The molecule has 0 saturated heterocycles. The maximum absolute atomic E-state index is 11.7. The molecule has 0 aliphatic heterocycles. The van der Waals surface area contributed by atoms with E-state index in [1.165, 1.54) is 11.1 Å². The van der Waals surface area contributed by atoms with E-state index in [0.29, 0.717) is 11.7 Å². The third-order valence-corrected chi connectivity index (χ3v) is 5.58. The predicted molar refractivity (Wildman–Crippen MR) is 95.5 cm³/mol. The third-order valence-electron chi connectivity index (χ3n) is 4.29. The molecule has 0 radical (unpaired) electrons. The average Bonchev–Trinajstić information content (AvgIpc) is 2.92. The fourth-order valence-corrected chi connectivity index (χ4v) is 3.71. The van der Waals surface area contributed by atoms with Gasteiger partial charge in [0.25, 0.3) is 0 Å². The normalized spacial score (nSPS) is 14.5. The second kappa shape index (κ2) is 6.24. The molecule has 0 bridgehead atoms. The molecule has 0 atom stereocenters. The summed E-state index contributed by atoms with van der Waals surface area (Å²) < 4.78 is 26.0. The van der Waals surface area contributed by atoms with E-state index in [9.17, 15) is 8.42 Å². The zero-order valence-corrected chi connectivity index (χ0v) is 14.3. The first-order valence-corrected chi connectivity index (χ1v) is 9.56. The highest BCUT2D eigenvalue weighted by Crippen LogP contribution is 2.26. The van der Waals surface area contributed by atoms with Gasteiger partial charge in [-0.3, -0.25) is 4.72 Å². The second-order valence-corrected chi connectivity index (χ2v) is 8.06. The van der Waals surface area contributed by atoms with E-state index in [2.05, 4.69) is 34.3 Å². The van der Waals surface area contributed by atoms with Crippen LogP contribution in [0.2, 0.25) is 0 Å². The minimum Gasteiger partial charge on any atom is -0.382 e. The van der Waals surface area contributed by atoms with Crippen LogP contribution in [0.5, 0.6) is 0 Å². The van der Waals surface area contributed by atoms with Crippen LogP contribution in [-0.4, -0.2) is 20.2 Å². The molecule has 5 heteroatoms. The zero-order chi connectivity index (χ0) is 16.4. The molecule has 1 aliphatic carbocycles. The largest absolute Gasteiger partial charge is 0.382 e. The van der Waals surface area contributed by atoms with Crippen LogP contribution in [0.25, 0.3) is 0 Å². The molecule has 0 saturated carbocycles. The van der Waals surface area contributed by atoms with Crippen molar-refractivity contribution in [3.05, 3.63) is 59.2 Å². The molecule has 2 N–H and O–H groups in total. The molecule has 0 amide bonds. The summed E-state index contributed by atoms with van der Waals surface area (Å²) in [6.45, 7) is 3.55. The van der Waals surface area contributed by atoms with Crippen molar-refractivity contribution in [2.45, 2.75) is 32.7 Å². The molecule has 0 aromatic heterocycles. The Bertz CT molecular complexity index is 791. The monoisotopic (exact) mass is 330 g/mol. The fraction of sp³-hybridized carbons (Fsp3) is 0.333. The van der Waals surface area contributed by atoms with Gasteiger partial charge in [0.05, 0.1) is 11.4 Å². The van der Waals surface area contributed by atoms with Crippen molar-refractivity contribution >= 4 is 21.4 Å². The zero-order valence-electron chi connectivity index (χ0n) is 13.5. The van der Waals surface area contributed by atoms with Gasteiger partial charge in [0.2, 0.25) is 10.0 Å². The number of hydrogen-bond donors (Lipinski definition) is 2. The molecular formula is C18H22N2O2S. The molecule has 1 aliphatic rings. The maximum Gasteiger partial charge on any atom is 0.232 e. The number of nitrogens with one attached hydrogen (secondary N) is 2. The number of hydrogen-bond acceptors (Lipinski definition) is 3. The van der Waals surface area contributed by atoms with Gasteiger partial charge in [-0.25, -0.2) is 8.42 Å². The molecule has 0 heterocycles. The van der Waals surface area contributed by atoms with Crippen LogP contribution >= 0.6 is 0 Å². The van der Waals surface area contributed by atoms with Gasteiger partial charge in [-0.2, -0.15) is 0 Å². The summed E-state index contributed by atoms with van der Waals surface area (Å²) in [4.78, 5) is 0. The van der Waals surface area contributed by atoms with E-state index in [-0.39, 0.29) is 5.75 Å². The second-order valence-electron chi connectivity index (χ2n) is 6.05. The number of anilines is 2. The summed E-state index contributed by atoms with van der Waals surface area (Å²) in [7, 11) is -3.24. The van der Waals surface area contributed by atoms with Crippen LogP contribution in [0, 0.1) is 6.92 Å². The van der Waals surface area contributed by atoms with Gasteiger partial charge in [0.15, 0.2) is 0 Å². The Hall–Kier alpha value is -2.01. The van der Waals surface area contributed by atoms with E-state index in [0.717, 1.165) is 24.1 Å². The topological polar surface area (TPSA) is 58.2 Å². The predicted octanol–water partition coefficient (Wildman–Crippen LogP) is 3.34. The van der Waals surface area contributed by atoms with E-state index in [1.54, 1.807) is 6.92 Å².